The highest BCUT2D eigenvalue weighted by atomic mass is 16.5. The van der Waals surface area contributed by atoms with Crippen LogP contribution in [0.25, 0.3) is 0 Å². The third-order valence-electron chi connectivity index (χ3n) is 5.28. The standard InChI is InChI=1S/C23H27N3O4/c1-16(18-6-4-3-5-7-18)26-22(28)20(25-23(26)29)12-13-21(27)24-15-14-17-8-10-19(30-2)11-9-17/h3-11,16,20H,12-15H2,1-2H3,(H,24,27)(H,25,29)/t16-,20-/m1/s1. The lowest BCUT2D eigenvalue weighted by Gasteiger charge is -2.21. The number of urea groups is 1. The van der Waals surface area contributed by atoms with Crippen molar-refractivity contribution >= 4 is 17.8 Å². The first kappa shape index (κ1) is 21.4. The third kappa shape index (κ3) is 5.17. The van der Waals surface area contributed by atoms with Crippen molar-refractivity contribution in [2.24, 2.45) is 0 Å². The monoisotopic (exact) mass is 409 g/mol. The Kier molecular flexibility index (Phi) is 7.06. The van der Waals surface area contributed by atoms with Crippen LogP contribution in [-0.4, -0.2) is 42.4 Å². The van der Waals surface area contributed by atoms with Crippen LogP contribution in [0.5, 0.6) is 5.75 Å². The minimum absolute atomic E-state index is 0.139. The van der Waals surface area contributed by atoms with Gasteiger partial charge in [-0.1, -0.05) is 42.5 Å². The van der Waals surface area contributed by atoms with Crippen LogP contribution in [0.15, 0.2) is 54.6 Å². The molecule has 0 aromatic heterocycles. The molecule has 1 heterocycles. The summed E-state index contributed by atoms with van der Waals surface area (Å²) in [5.74, 6) is 0.365. The molecule has 0 unspecified atom stereocenters. The number of amides is 4. The van der Waals surface area contributed by atoms with E-state index >= 15 is 0 Å². The number of ether oxygens (including phenoxy) is 1. The Morgan fingerprint density at radius 1 is 1.13 bits per heavy atom. The highest BCUT2D eigenvalue weighted by Crippen LogP contribution is 2.25. The van der Waals surface area contributed by atoms with Crippen molar-refractivity contribution in [2.45, 2.75) is 38.3 Å². The van der Waals surface area contributed by atoms with E-state index in [0.29, 0.717) is 13.0 Å². The molecule has 4 amide bonds. The van der Waals surface area contributed by atoms with Gasteiger partial charge >= 0.3 is 6.03 Å². The second-order valence-corrected chi connectivity index (χ2v) is 7.28. The molecular formula is C23H27N3O4. The number of benzene rings is 2. The summed E-state index contributed by atoms with van der Waals surface area (Å²) in [5.41, 5.74) is 1.98. The molecule has 3 rings (SSSR count). The maximum atomic E-state index is 12.7. The van der Waals surface area contributed by atoms with E-state index in [9.17, 15) is 14.4 Å². The van der Waals surface area contributed by atoms with Crippen molar-refractivity contribution < 1.29 is 19.1 Å². The predicted molar refractivity (Wildman–Crippen MR) is 113 cm³/mol. The Hall–Kier alpha value is -3.35. The van der Waals surface area contributed by atoms with Crippen molar-refractivity contribution in [3.05, 3.63) is 65.7 Å². The number of rotatable bonds is 9. The minimum atomic E-state index is -0.670. The molecule has 0 saturated carbocycles. The molecule has 1 saturated heterocycles. The molecule has 1 fully saturated rings. The Morgan fingerprint density at radius 3 is 2.50 bits per heavy atom. The summed E-state index contributed by atoms with van der Waals surface area (Å²) in [6.07, 6.45) is 1.15. The molecule has 0 aliphatic carbocycles. The predicted octanol–water partition coefficient (Wildman–Crippen LogP) is 2.82. The molecule has 0 spiro atoms. The number of carbonyl (C=O) groups excluding carboxylic acids is 3. The van der Waals surface area contributed by atoms with Gasteiger partial charge < -0.3 is 15.4 Å². The lowest BCUT2D eigenvalue weighted by atomic mass is 10.1. The number of hydrogen-bond acceptors (Lipinski definition) is 4. The summed E-state index contributed by atoms with van der Waals surface area (Å²) in [4.78, 5) is 38.4. The lowest BCUT2D eigenvalue weighted by molar-refractivity contribution is -0.129. The molecule has 2 aromatic rings. The number of imide groups is 1. The first-order chi connectivity index (χ1) is 14.5. The molecule has 7 nitrogen and oxygen atoms in total. The molecule has 30 heavy (non-hydrogen) atoms. The van der Waals surface area contributed by atoms with Gasteiger partial charge in [0.2, 0.25) is 5.91 Å². The summed E-state index contributed by atoms with van der Waals surface area (Å²) in [6.45, 7) is 2.33. The quantitative estimate of drug-likeness (QED) is 0.624. The molecule has 1 aliphatic heterocycles. The third-order valence-corrected chi connectivity index (χ3v) is 5.28. The molecule has 0 radical (unpaired) electrons. The van der Waals surface area contributed by atoms with Crippen LogP contribution < -0.4 is 15.4 Å². The lowest BCUT2D eigenvalue weighted by Crippen LogP contribution is -2.34. The van der Waals surface area contributed by atoms with E-state index < -0.39 is 12.1 Å². The molecule has 2 aromatic carbocycles. The molecule has 2 N–H and O–H groups in total. The SMILES string of the molecule is COc1ccc(CCNC(=O)CC[C@H]2NC(=O)N([C@H](C)c3ccccc3)C2=O)cc1. The van der Waals surface area contributed by atoms with Gasteiger partial charge in [-0.25, -0.2) is 4.79 Å². The van der Waals surface area contributed by atoms with E-state index in [0.717, 1.165) is 16.9 Å². The second-order valence-electron chi connectivity index (χ2n) is 7.28. The minimum Gasteiger partial charge on any atom is -0.497 e. The average Bonchev–Trinajstić information content (AvgIpc) is 3.06. The Balaban J connectivity index is 1.44. The molecular weight excluding hydrogens is 382 g/mol. The summed E-state index contributed by atoms with van der Waals surface area (Å²) >= 11 is 0. The number of nitrogens with one attached hydrogen (secondary N) is 2. The summed E-state index contributed by atoms with van der Waals surface area (Å²) in [7, 11) is 1.62. The zero-order chi connectivity index (χ0) is 21.5. The van der Waals surface area contributed by atoms with Gasteiger partial charge in [0.1, 0.15) is 11.8 Å². The van der Waals surface area contributed by atoms with E-state index in [1.807, 2.05) is 61.5 Å². The van der Waals surface area contributed by atoms with Gasteiger partial charge in [0.25, 0.3) is 5.91 Å². The van der Waals surface area contributed by atoms with Gasteiger partial charge in [-0.3, -0.25) is 14.5 Å². The largest absolute Gasteiger partial charge is 0.497 e. The number of hydrogen-bond donors (Lipinski definition) is 2. The smallest absolute Gasteiger partial charge is 0.325 e. The van der Waals surface area contributed by atoms with Crippen LogP contribution in [0, 0.1) is 0 Å². The Morgan fingerprint density at radius 2 is 1.83 bits per heavy atom. The van der Waals surface area contributed by atoms with Crippen molar-refractivity contribution in [1.29, 1.82) is 0 Å². The van der Waals surface area contributed by atoms with Crippen LogP contribution >= 0.6 is 0 Å². The molecule has 1 aliphatic rings. The maximum absolute atomic E-state index is 12.7. The van der Waals surface area contributed by atoms with Crippen molar-refractivity contribution in [1.82, 2.24) is 15.5 Å². The molecule has 2 atom stereocenters. The van der Waals surface area contributed by atoms with E-state index in [1.165, 1.54) is 4.90 Å². The first-order valence-electron chi connectivity index (χ1n) is 10.1. The summed E-state index contributed by atoms with van der Waals surface area (Å²) < 4.78 is 5.13. The highest BCUT2D eigenvalue weighted by molar-refractivity contribution is 6.04. The summed E-state index contributed by atoms with van der Waals surface area (Å²) in [6, 6.07) is 15.6. The van der Waals surface area contributed by atoms with Gasteiger partial charge in [0, 0.05) is 13.0 Å². The van der Waals surface area contributed by atoms with E-state index in [-0.39, 0.29) is 30.7 Å². The zero-order valence-electron chi connectivity index (χ0n) is 17.3. The first-order valence-corrected chi connectivity index (χ1v) is 10.1. The second kappa shape index (κ2) is 9.91. The van der Waals surface area contributed by atoms with E-state index in [2.05, 4.69) is 10.6 Å². The topological polar surface area (TPSA) is 87.7 Å². The molecule has 0 bridgehead atoms. The van der Waals surface area contributed by atoms with Gasteiger partial charge in [-0.05, 0) is 43.0 Å². The fourth-order valence-corrected chi connectivity index (χ4v) is 3.49. The fraction of sp³-hybridized carbons (Fsp3) is 0.348. The van der Waals surface area contributed by atoms with Crippen LogP contribution in [-0.2, 0) is 16.0 Å². The van der Waals surface area contributed by atoms with Crippen LogP contribution in [0.3, 0.4) is 0 Å². The van der Waals surface area contributed by atoms with Crippen LogP contribution in [0.1, 0.15) is 36.9 Å². The number of methoxy groups -OCH3 is 1. The zero-order valence-corrected chi connectivity index (χ0v) is 17.3. The van der Waals surface area contributed by atoms with E-state index in [4.69, 9.17) is 4.74 Å². The van der Waals surface area contributed by atoms with Gasteiger partial charge in [0.05, 0.1) is 13.2 Å². The average molecular weight is 409 g/mol. The Bertz CT molecular complexity index is 883. The highest BCUT2D eigenvalue weighted by Gasteiger charge is 2.40. The van der Waals surface area contributed by atoms with E-state index in [1.54, 1.807) is 7.11 Å². The molecule has 7 heteroatoms. The van der Waals surface area contributed by atoms with Crippen molar-refractivity contribution in [3.8, 4) is 5.75 Å². The number of carbonyl (C=O) groups is 3. The van der Waals surface area contributed by atoms with Crippen molar-refractivity contribution in [3.63, 3.8) is 0 Å². The normalized spacial score (nSPS) is 16.9. The summed E-state index contributed by atoms with van der Waals surface area (Å²) in [5, 5.41) is 5.56. The molecule has 158 valence electrons. The van der Waals surface area contributed by atoms with Gasteiger partial charge in [0.15, 0.2) is 0 Å². The van der Waals surface area contributed by atoms with Gasteiger partial charge in [-0.15, -0.1) is 0 Å². The number of nitrogens with zero attached hydrogens (tertiary/aromatic N) is 1. The Labute approximate surface area is 176 Å². The van der Waals surface area contributed by atoms with Gasteiger partial charge in [-0.2, -0.15) is 0 Å². The van der Waals surface area contributed by atoms with Crippen LogP contribution in [0.4, 0.5) is 4.79 Å². The maximum Gasteiger partial charge on any atom is 0.325 e. The fourth-order valence-electron chi connectivity index (χ4n) is 3.49. The van der Waals surface area contributed by atoms with Crippen molar-refractivity contribution in [2.75, 3.05) is 13.7 Å². The van der Waals surface area contributed by atoms with Crippen LogP contribution in [0.2, 0.25) is 0 Å².